The van der Waals surface area contributed by atoms with Crippen molar-refractivity contribution >= 4 is 28.6 Å². The molecule has 0 aliphatic rings. The molecule has 1 N–H and O–H groups in total. The molecule has 3 aromatic rings. The van der Waals surface area contributed by atoms with E-state index in [1.807, 2.05) is 39.0 Å². The molecule has 0 spiro atoms. The zero-order chi connectivity index (χ0) is 22.5. The average molecular weight is 421 g/mol. The summed E-state index contributed by atoms with van der Waals surface area (Å²) in [6.45, 7) is 7.68. The van der Waals surface area contributed by atoms with E-state index in [4.69, 9.17) is 4.74 Å². The number of ether oxygens (including phenoxy) is 1. The first kappa shape index (κ1) is 22.2. The van der Waals surface area contributed by atoms with Crippen molar-refractivity contribution in [2.75, 3.05) is 11.9 Å². The molecule has 0 aliphatic carbocycles. The van der Waals surface area contributed by atoms with Gasteiger partial charge in [-0.15, -0.1) is 0 Å². The lowest BCUT2D eigenvalue weighted by atomic mass is 10.0. The van der Waals surface area contributed by atoms with Gasteiger partial charge in [-0.05, 0) is 56.0 Å². The van der Waals surface area contributed by atoms with Crippen LogP contribution in [-0.2, 0) is 28.9 Å². The van der Waals surface area contributed by atoms with Crippen molar-refractivity contribution < 1.29 is 14.3 Å². The first-order chi connectivity index (χ1) is 14.9. The largest absolute Gasteiger partial charge is 0.452 e. The molecular weight excluding hydrogens is 394 g/mol. The average Bonchev–Trinajstić information content (AvgIpc) is 2.78. The Kier molecular flexibility index (Phi) is 6.84. The lowest BCUT2D eigenvalue weighted by Crippen LogP contribution is -2.24. The molecule has 2 aromatic carbocycles. The Bertz CT molecular complexity index is 1180. The van der Waals surface area contributed by atoms with Gasteiger partial charge in [-0.1, -0.05) is 32.0 Å². The summed E-state index contributed by atoms with van der Waals surface area (Å²) in [6, 6.07) is 10.7. The SMILES string of the molecule is CCc1cccc(CC)c1NC(=O)COC(=O)c1ccc2c(c1)nc(C)c(=O)n2CC. The van der Waals surface area contributed by atoms with Crippen LogP contribution in [0.1, 0.15) is 48.0 Å². The number of esters is 1. The molecule has 162 valence electrons. The Morgan fingerprint density at radius 3 is 2.35 bits per heavy atom. The number of rotatable bonds is 7. The Morgan fingerprint density at radius 2 is 1.74 bits per heavy atom. The molecule has 1 heterocycles. The topological polar surface area (TPSA) is 90.3 Å². The summed E-state index contributed by atoms with van der Waals surface area (Å²) in [6.07, 6.45) is 1.57. The fourth-order valence-electron chi connectivity index (χ4n) is 3.61. The lowest BCUT2D eigenvalue weighted by Gasteiger charge is -2.14. The van der Waals surface area contributed by atoms with Gasteiger partial charge < -0.3 is 14.6 Å². The summed E-state index contributed by atoms with van der Waals surface area (Å²) < 4.78 is 6.83. The van der Waals surface area contributed by atoms with Crippen LogP contribution in [0, 0.1) is 6.92 Å². The van der Waals surface area contributed by atoms with Crippen LogP contribution in [-0.4, -0.2) is 28.0 Å². The molecule has 0 atom stereocenters. The van der Waals surface area contributed by atoms with Crippen LogP contribution >= 0.6 is 0 Å². The lowest BCUT2D eigenvalue weighted by molar-refractivity contribution is -0.119. The Labute approximate surface area is 181 Å². The van der Waals surface area contributed by atoms with Gasteiger partial charge in [0.25, 0.3) is 11.5 Å². The number of nitrogens with zero attached hydrogens (tertiary/aromatic N) is 2. The number of hydrogen-bond acceptors (Lipinski definition) is 5. The predicted molar refractivity (Wildman–Crippen MR) is 121 cm³/mol. The van der Waals surface area contributed by atoms with Gasteiger partial charge in [0.1, 0.15) is 5.69 Å². The molecule has 0 bridgehead atoms. The molecule has 7 nitrogen and oxygen atoms in total. The fraction of sp³-hybridized carbons (Fsp3) is 0.333. The normalized spacial score (nSPS) is 10.8. The van der Waals surface area contributed by atoms with E-state index >= 15 is 0 Å². The molecule has 7 heteroatoms. The number of anilines is 1. The highest BCUT2D eigenvalue weighted by atomic mass is 16.5. The van der Waals surface area contributed by atoms with Crippen molar-refractivity contribution in [1.82, 2.24) is 9.55 Å². The minimum atomic E-state index is -0.620. The maximum Gasteiger partial charge on any atom is 0.338 e. The molecule has 1 amide bonds. The number of nitrogens with one attached hydrogen (secondary N) is 1. The smallest absolute Gasteiger partial charge is 0.338 e. The van der Waals surface area contributed by atoms with E-state index in [1.54, 1.807) is 29.7 Å². The van der Waals surface area contributed by atoms with Gasteiger partial charge in [-0.25, -0.2) is 9.78 Å². The van der Waals surface area contributed by atoms with E-state index in [1.165, 1.54) is 0 Å². The van der Waals surface area contributed by atoms with Crippen LogP contribution in [0.3, 0.4) is 0 Å². The summed E-state index contributed by atoms with van der Waals surface area (Å²) in [7, 11) is 0. The number of fused-ring (bicyclic) bond motifs is 1. The van der Waals surface area contributed by atoms with Crippen LogP contribution in [0.2, 0.25) is 0 Å². The number of benzene rings is 2. The van der Waals surface area contributed by atoms with Gasteiger partial charge in [0, 0.05) is 12.2 Å². The second kappa shape index (κ2) is 9.55. The summed E-state index contributed by atoms with van der Waals surface area (Å²) >= 11 is 0. The van der Waals surface area contributed by atoms with E-state index in [-0.39, 0.29) is 17.7 Å². The third-order valence-corrected chi connectivity index (χ3v) is 5.26. The van der Waals surface area contributed by atoms with Crippen molar-refractivity contribution in [2.24, 2.45) is 0 Å². The number of hydrogen-bond donors (Lipinski definition) is 1. The predicted octanol–water partition coefficient (Wildman–Crippen LogP) is 3.65. The van der Waals surface area contributed by atoms with Crippen LogP contribution in [0.4, 0.5) is 5.69 Å². The van der Waals surface area contributed by atoms with Crippen molar-refractivity contribution in [1.29, 1.82) is 0 Å². The number of aromatic nitrogens is 2. The minimum Gasteiger partial charge on any atom is -0.452 e. The summed E-state index contributed by atoms with van der Waals surface area (Å²) in [5.74, 6) is -1.01. The van der Waals surface area contributed by atoms with Crippen LogP contribution < -0.4 is 10.9 Å². The molecule has 0 unspecified atom stereocenters. The van der Waals surface area contributed by atoms with Crippen molar-refractivity contribution in [3.63, 3.8) is 0 Å². The van der Waals surface area contributed by atoms with E-state index in [9.17, 15) is 14.4 Å². The Morgan fingerprint density at radius 1 is 1.06 bits per heavy atom. The molecule has 0 fully saturated rings. The van der Waals surface area contributed by atoms with Gasteiger partial charge in [-0.3, -0.25) is 9.59 Å². The van der Waals surface area contributed by atoms with Crippen molar-refractivity contribution in [3.8, 4) is 0 Å². The van der Waals surface area contributed by atoms with Gasteiger partial charge in [-0.2, -0.15) is 0 Å². The highest BCUT2D eigenvalue weighted by Gasteiger charge is 2.15. The van der Waals surface area contributed by atoms with Gasteiger partial charge in [0.15, 0.2) is 6.61 Å². The quantitative estimate of drug-likeness (QED) is 0.588. The molecule has 31 heavy (non-hydrogen) atoms. The monoisotopic (exact) mass is 421 g/mol. The second-order valence-corrected chi connectivity index (χ2v) is 7.23. The van der Waals surface area contributed by atoms with Crippen LogP contribution in [0.5, 0.6) is 0 Å². The summed E-state index contributed by atoms with van der Waals surface area (Å²) in [5, 5.41) is 2.88. The van der Waals surface area contributed by atoms with Gasteiger partial charge >= 0.3 is 5.97 Å². The number of amides is 1. The summed E-state index contributed by atoms with van der Waals surface area (Å²) in [4.78, 5) is 41.4. The number of aryl methyl sites for hydroxylation is 4. The molecule has 0 aliphatic heterocycles. The maximum absolute atomic E-state index is 12.5. The van der Waals surface area contributed by atoms with E-state index in [2.05, 4.69) is 10.3 Å². The van der Waals surface area contributed by atoms with Crippen molar-refractivity contribution in [2.45, 2.75) is 47.1 Å². The van der Waals surface area contributed by atoms with E-state index in [0.717, 1.165) is 29.7 Å². The first-order valence-corrected chi connectivity index (χ1v) is 10.5. The Balaban J connectivity index is 1.74. The van der Waals surface area contributed by atoms with Crippen molar-refractivity contribution in [3.05, 3.63) is 69.1 Å². The molecule has 0 saturated carbocycles. The molecule has 1 aromatic heterocycles. The standard InChI is InChI=1S/C24H27N3O4/c1-5-16-9-8-10-17(6-2)22(16)26-21(28)14-31-24(30)18-11-12-20-19(13-18)25-15(4)23(29)27(20)7-3/h8-13H,5-7,14H2,1-4H3,(H,26,28). The molecule has 0 radical (unpaired) electrons. The number of carbonyl (C=O) groups excluding carboxylic acids is 2. The maximum atomic E-state index is 12.5. The summed E-state index contributed by atoms with van der Waals surface area (Å²) in [5.41, 5.74) is 4.53. The zero-order valence-corrected chi connectivity index (χ0v) is 18.3. The van der Waals surface area contributed by atoms with Gasteiger partial charge in [0.2, 0.25) is 0 Å². The third kappa shape index (κ3) is 4.66. The van der Waals surface area contributed by atoms with Crippen LogP contribution in [0.15, 0.2) is 41.2 Å². The van der Waals surface area contributed by atoms with Gasteiger partial charge in [0.05, 0.1) is 16.6 Å². The third-order valence-electron chi connectivity index (χ3n) is 5.26. The minimum absolute atomic E-state index is 0.152. The number of para-hydroxylation sites is 1. The highest BCUT2D eigenvalue weighted by molar-refractivity contribution is 5.97. The van der Waals surface area contributed by atoms with E-state index in [0.29, 0.717) is 23.3 Å². The fourth-order valence-corrected chi connectivity index (χ4v) is 3.61. The number of carbonyl (C=O) groups is 2. The molecule has 0 saturated heterocycles. The zero-order valence-electron chi connectivity index (χ0n) is 18.3. The Hall–Kier alpha value is -3.48. The second-order valence-electron chi connectivity index (χ2n) is 7.23. The van der Waals surface area contributed by atoms with E-state index < -0.39 is 11.9 Å². The van der Waals surface area contributed by atoms with Crippen LogP contribution in [0.25, 0.3) is 11.0 Å². The highest BCUT2D eigenvalue weighted by Crippen LogP contribution is 2.22. The molecule has 3 rings (SSSR count). The molecular formula is C24H27N3O4. The first-order valence-electron chi connectivity index (χ1n) is 10.5.